The minimum Gasteiger partial charge on any atom is -0.369 e. The van der Waals surface area contributed by atoms with Crippen LogP contribution in [0.3, 0.4) is 0 Å². The average Bonchev–Trinajstić information content (AvgIpc) is 2.90. The lowest BCUT2D eigenvalue weighted by atomic mass is 10.2. The first-order valence-electron chi connectivity index (χ1n) is 6.59. The Morgan fingerprint density at radius 1 is 1.27 bits per heavy atom. The maximum absolute atomic E-state index is 13.4. The minimum atomic E-state index is -4.76. The lowest BCUT2D eigenvalue weighted by molar-refractivity contribution is -0.139. The second-order valence-electron chi connectivity index (χ2n) is 4.83. The van der Waals surface area contributed by atoms with Gasteiger partial charge in [-0.1, -0.05) is 0 Å². The fraction of sp³-hybridized carbons (Fsp3) is 0.385. The van der Waals surface area contributed by atoms with Gasteiger partial charge in [0.1, 0.15) is 5.82 Å². The van der Waals surface area contributed by atoms with E-state index in [0.29, 0.717) is 12.1 Å². The van der Waals surface area contributed by atoms with Gasteiger partial charge in [-0.15, -0.1) is 0 Å². The fourth-order valence-electron chi connectivity index (χ4n) is 2.12. The molecule has 22 heavy (non-hydrogen) atoms. The number of likely N-dealkylation sites (tertiary alicyclic amines) is 1. The number of rotatable bonds is 1. The van der Waals surface area contributed by atoms with Crippen LogP contribution in [0, 0.1) is 11.2 Å². The van der Waals surface area contributed by atoms with Crippen molar-refractivity contribution in [3.05, 3.63) is 29.6 Å². The summed E-state index contributed by atoms with van der Waals surface area (Å²) in [5.41, 5.74) is 4.35. The summed E-state index contributed by atoms with van der Waals surface area (Å²) < 4.78 is 50.7. The van der Waals surface area contributed by atoms with E-state index in [9.17, 15) is 17.6 Å². The molecular weight excluding hydrogens is 302 g/mol. The summed E-state index contributed by atoms with van der Waals surface area (Å²) in [5.74, 6) is -1.63. The van der Waals surface area contributed by atoms with Crippen molar-refractivity contribution in [1.29, 1.82) is 5.41 Å². The predicted molar refractivity (Wildman–Crippen MR) is 75.2 cm³/mol. The van der Waals surface area contributed by atoms with Crippen LogP contribution in [0.25, 0.3) is 0 Å². The third-order valence-electron chi connectivity index (χ3n) is 3.19. The first kappa shape index (κ1) is 16.1. The van der Waals surface area contributed by atoms with Crippen LogP contribution in [0.15, 0.2) is 23.2 Å². The van der Waals surface area contributed by atoms with E-state index in [0.717, 1.165) is 32.0 Å². The molecule has 0 amide bonds. The molecule has 0 aliphatic carbocycles. The molecule has 0 atom stereocenters. The van der Waals surface area contributed by atoms with Crippen LogP contribution in [0.5, 0.6) is 0 Å². The fourth-order valence-corrected chi connectivity index (χ4v) is 2.12. The second kappa shape index (κ2) is 6.20. The van der Waals surface area contributed by atoms with Crippen molar-refractivity contribution >= 4 is 17.6 Å². The zero-order valence-corrected chi connectivity index (χ0v) is 11.5. The number of anilines is 1. The molecule has 1 aliphatic rings. The lowest BCUT2D eigenvalue weighted by Crippen LogP contribution is -2.36. The summed E-state index contributed by atoms with van der Waals surface area (Å²) in [6, 6.07) is 2.30. The van der Waals surface area contributed by atoms with Gasteiger partial charge in [-0.05, 0) is 31.0 Å². The third-order valence-corrected chi connectivity index (χ3v) is 3.19. The van der Waals surface area contributed by atoms with Crippen LogP contribution < -0.4 is 11.1 Å². The highest BCUT2D eigenvalue weighted by molar-refractivity contribution is 6.00. The molecule has 120 valence electrons. The van der Waals surface area contributed by atoms with Crippen molar-refractivity contribution in [3.63, 3.8) is 0 Å². The van der Waals surface area contributed by atoms with E-state index in [1.807, 2.05) is 0 Å². The van der Waals surface area contributed by atoms with Crippen LogP contribution in [-0.2, 0) is 6.18 Å². The summed E-state index contributed by atoms with van der Waals surface area (Å²) in [4.78, 5) is 5.60. The van der Waals surface area contributed by atoms with Crippen molar-refractivity contribution in [2.45, 2.75) is 19.0 Å². The van der Waals surface area contributed by atoms with Crippen molar-refractivity contribution in [2.24, 2.45) is 10.7 Å². The first-order chi connectivity index (χ1) is 10.3. The summed E-state index contributed by atoms with van der Waals surface area (Å²) in [5, 5.41) is 10.0. The van der Waals surface area contributed by atoms with Gasteiger partial charge in [-0.25, -0.2) is 4.39 Å². The quantitative estimate of drug-likeness (QED) is 0.423. The van der Waals surface area contributed by atoms with Crippen LogP contribution in [0.4, 0.5) is 23.2 Å². The van der Waals surface area contributed by atoms with E-state index in [-0.39, 0.29) is 17.6 Å². The first-order valence-corrected chi connectivity index (χ1v) is 6.59. The van der Waals surface area contributed by atoms with Crippen molar-refractivity contribution in [2.75, 3.05) is 18.4 Å². The smallest absolute Gasteiger partial charge is 0.369 e. The molecule has 1 aromatic carbocycles. The number of benzene rings is 1. The summed E-state index contributed by atoms with van der Waals surface area (Å²) >= 11 is 0. The third kappa shape index (κ3) is 3.86. The molecule has 0 unspecified atom stereocenters. The number of alkyl halides is 3. The normalized spacial score (nSPS) is 16.0. The number of hydrogen-bond donors (Lipinski definition) is 3. The van der Waals surface area contributed by atoms with Gasteiger partial charge in [-0.3, -0.25) is 5.41 Å². The largest absolute Gasteiger partial charge is 0.419 e. The van der Waals surface area contributed by atoms with Gasteiger partial charge in [0.15, 0.2) is 5.96 Å². The number of nitrogens with zero attached hydrogens (tertiary/aromatic N) is 2. The zero-order chi connectivity index (χ0) is 16.3. The summed E-state index contributed by atoms with van der Waals surface area (Å²) in [6.07, 6.45) is -2.78. The van der Waals surface area contributed by atoms with E-state index in [2.05, 4.69) is 10.3 Å². The van der Waals surface area contributed by atoms with E-state index in [4.69, 9.17) is 11.1 Å². The van der Waals surface area contributed by atoms with Gasteiger partial charge in [0.05, 0.1) is 5.56 Å². The Morgan fingerprint density at radius 3 is 2.45 bits per heavy atom. The summed E-state index contributed by atoms with van der Waals surface area (Å²) in [7, 11) is 0. The van der Waals surface area contributed by atoms with Crippen LogP contribution in [0.1, 0.15) is 18.4 Å². The molecule has 1 saturated heterocycles. The zero-order valence-electron chi connectivity index (χ0n) is 11.5. The van der Waals surface area contributed by atoms with Gasteiger partial charge in [0.2, 0.25) is 5.96 Å². The molecule has 1 fully saturated rings. The number of halogens is 4. The number of aliphatic imine (C=N–C) groups is 1. The van der Waals surface area contributed by atoms with E-state index >= 15 is 0 Å². The molecule has 1 aromatic rings. The highest BCUT2D eigenvalue weighted by atomic mass is 19.4. The standard InChI is InChI=1S/C13H15F4N5/c14-10-7-8(3-4-9(10)13(15,16)17)20-11(18)21-12(19)22-5-1-2-6-22/h3-4,7H,1-2,5-6H2,(H4,18,19,20,21). The van der Waals surface area contributed by atoms with Gasteiger partial charge in [0, 0.05) is 18.8 Å². The van der Waals surface area contributed by atoms with Gasteiger partial charge in [0.25, 0.3) is 0 Å². The lowest BCUT2D eigenvalue weighted by Gasteiger charge is -2.16. The SMILES string of the molecule is N=C(N=C(N)N1CCCC1)Nc1ccc(C(F)(F)F)c(F)c1. The molecule has 0 spiro atoms. The molecule has 5 nitrogen and oxygen atoms in total. The van der Waals surface area contributed by atoms with Crippen LogP contribution >= 0.6 is 0 Å². The Kier molecular flexibility index (Phi) is 4.53. The second-order valence-corrected chi connectivity index (χ2v) is 4.83. The molecule has 0 radical (unpaired) electrons. The Morgan fingerprint density at radius 2 is 1.91 bits per heavy atom. The Hall–Kier alpha value is -2.32. The van der Waals surface area contributed by atoms with E-state index < -0.39 is 17.6 Å². The van der Waals surface area contributed by atoms with Crippen molar-refractivity contribution in [1.82, 2.24) is 4.90 Å². The predicted octanol–water partition coefficient (Wildman–Crippen LogP) is 2.60. The Balaban J connectivity index is 2.06. The van der Waals surface area contributed by atoms with Crippen molar-refractivity contribution in [3.8, 4) is 0 Å². The molecule has 0 saturated carbocycles. The Bertz CT molecular complexity index is 591. The molecule has 1 heterocycles. The summed E-state index contributed by atoms with van der Waals surface area (Å²) in [6.45, 7) is 1.50. The molecule has 9 heteroatoms. The van der Waals surface area contributed by atoms with Gasteiger partial charge >= 0.3 is 6.18 Å². The maximum atomic E-state index is 13.4. The maximum Gasteiger partial charge on any atom is 0.419 e. The van der Waals surface area contributed by atoms with Crippen LogP contribution in [0.2, 0.25) is 0 Å². The van der Waals surface area contributed by atoms with Gasteiger partial charge in [-0.2, -0.15) is 18.2 Å². The van der Waals surface area contributed by atoms with E-state index in [1.165, 1.54) is 0 Å². The Labute approximate surface area is 124 Å². The van der Waals surface area contributed by atoms with E-state index in [1.54, 1.807) is 4.90 Å². The number of hydrogen-bond acceptors (Lipinski definition) is 1. The molecule has 4 N–H and O–H groups in total. The van der Waals surface area contributed by atoms with Crippen molar-refractivity contribution < 1.29 is 17.6 Å². The number of nitrogens with one attached hydrogen (secondary N) is 2. The average molecular weight is 317 g/mol. The topological polar surface area (TPSA) is 77.5 Å². The number of guanidine groups is 2. The molecule has 0 bridgehead atoms. The van der Waals surface area contributed by atoms with Gasteiger partial charge < -0.3 is 16.0 Å². The highest BCUT2D eigenvalue weighted by Crippen LogP contribution is 2.32. The minimum absolute atomic E-state index is 0.00604. The molecule has 1 aliphatic heterocycles. The molecule has 2 rings (SSSR count). The monoisotopic (exact) mass is 317 g/mol. The van der Waals surface area contributed by atoms with Crippen LogP contribution in [-0.4, -0.2) is 29.9 Å². The molecule has 0 aromatic heterocycles. The number of nitrogens with two attached hydrogens (primary N) is 1. The highest BCUT2D eigenvalue weighted by Gasteiger charge is 2.33. The molecular formula is C13H15F4N5.